The van der Waals surface area contributed by atoms with Gasteiger partial charge in [0.05, 0.1) is 5.69 Å². The number of halogens is 1. The molecule has 2 atom stereocenters. The molecule has 0 bridgehead atoms. The molecule has 1 aliphatic carbocycles. The minimum absolute atomic E-state index is 0.0278. The van der Waals surface area contributed by atoms with Crippen LogP contribution in [0.2, 0.25) is 0 Å². The van der Waals surface area contributed by atoms with Crippen LogP contribution < -0.4 is 4.72 Å². The number of nitrogens with zero attached hydrogens (tertiary/aromatic N) is 2. The van der Waals surface area contributed by atoms with Crippen LogP contribution in [0.25, 0.3) is 16.2 Å². The van der Waals surface area contributed by atoms with Crippen molar-refractivity contribution in [3.05, 3.63) is 78.4 Å². The smallest absolute Gasteiger partial charge is 0.325 e. The highest BCUT2D eigenvalue weighted by Crippen LogP contribution is 2.52. The first-order chi connectivity index (χ1) is 14.8. The normalized spacial score (nSPS) is 20.7. The van der Waals surface area contributed by atoms with Crippen molar-refractivity contribution in [2.45, 2.75) is 22.1 Å². The molecule has 2 aromatic heterocycles. The van der Waals surface area contributed by atoms with Crippen molar-refractivity contribution >= 4 is 32.3 Å². The summed E-state index contributed by atoms with van der Waals surface area (Å²) < 4.78 is 43.0. The molecule has 1 fully saturated rings. The van der Waals surface area contributed by atoms with E-state index in [0.717, 1.165) is 16.9 Å². The number of sulfonamides is 1. The van der Waals surface area contributed by atoms with Crippen molar-refractivity contribution in [2.75, 3.05) is 0 Å². The third kappa shape index (κ3) is 3.42. The Balaban J connectivity index is 1.43. The van der Waals surface area contributed by atoms with Gasteiger partial charge < -0.3 is 5.11 Å². The van der Waals surface area contributed by atoms with Crippen LogP contribution in [0.4, 0.5) is 4.39 Å². The number of carbonyl (C=O) groups is 1. The Morgan fingerprint density at radius 3 is 2.52 bits per heavy atom. The van der Waals surface area contributed by atoms with Crippen molar-refractivity contribution in [1.29, 1.82) is 0 Å². The summed E-state index contributed by atoms with van der Waals surface area (Å²) in [7, 11) is -4.08. The fourth-order valence-electron chi connectivity index (χ4n) is 3.69. The molecule has 1 aliphatic rings. The summed E-state index contributed by atoms with van der Waals surface area (Å²) in [5.41, 5.74) is 0.494. The van der Waals surface area contributed by atoms with Crippen LogP contribution in [-0.4, -0.2) is 34.4 Å². The lowest BCUT2D eigenvalue weighted by molar-refractivity contribution is -0.140. The number of carboxylic acid groups (broad SMARTS) is 1. The van der Waals surface area contributed by atoms with Gasteiger partial charge in [-0.3, -0.25) is 9.20 Å². The van der Waals surface area contributed by atoms with Gasteiger partial charge in [-0.2, -0.15) is 4.72 Å². The van der Waals surface area contributed by atoms with E-state index in [1.807, 2.05) is 6.07 Å². The minimum atomic E-state index is -4.08. The molecule has 4 aromatic rings. The van der Waals surface area contributed by atoms with Crippen LogP contribution in [0.5, 0.6) is 0 Å². The number of hydrogen-bond acceptors (Lipinski definition) is 5. The molecule has 31 heavy (non-hydrogen) atoms. The Morgan fingerprint density at radius 1 is 1.16 bits per heavy atom. The highest BCUT2D eigenvalue weighted by atomic mass is 32.2. The molecule has 10 heteroatoms. The average Bonchev–Trinajstić information content (AvgIpc) is 3.10. The summed E-state index contributed by atoms with van der Waals surface area (Å²) in [5.74, 6) is -1.99. The molecule has 2 heterocycles. The van der Waals surface area contributed by atoms with Gasteiger partial charge in [-0.15, -0.1) is 0 Å². The maximum Gasteiger partial charge on any atom is 0.325 e. The summed E-state index contributed by atoms with van der Waals surface area (Å²) in [6.45, 7) is 0. The summed E-state index contributed by atoms with van der Waals surface area (Å²) in [6, 6.07) is 14.8. The minimum Gasteiger partial charge on any atom is -0.480 e. The first kappa shape index (κ1) is 19.9. The third-order valence-electron chi connectivity index (χ3n) is 5.40. The van der Waals surface area contributed by atoms with Crippen molar-refractivity contribution in [1.82, 2.24) is 14.1 Å². The molecule has 2 aromatic carbocycles. The molecule has 158 valence electrons. The Bertz CT molecular complexity index is 1370. The molecule has 0 amide bonds. The number of hydrogen-bond donors (Lipinski definition) is 2. The van der Waals surface area contributed by atoms with Crippen LogP contribution >= 0.6 is 11.3 Å². The number of rotatable bonds is 6. The Hall–Kier alpha value is -3.08. The van der Waals surface area contributed by atoms with E-state index in [9.17, 15) is 22.7 Å². The standard InChI is InChI=1S/C21H16FN3O4S2/c22-15-8-6-14(7-9-15)17-11-25-12-18(30-20(25)23-17)31(28,29)24-21(19(26)27)10-16(21)13-4-2-1-3-5-13/h1-9,11-12,16,24H,10H2,(H,26,27)/t16-,21+/m0/s1. The zero-order chi connectivity index (χ0) is 21.8. The van der Waals surface area contributed by atoms with E-state index >= 15 is 0 Å². The van der Waals surface area contributed by atoms with E-state index in [1.165, 1.54) is 18.3 Å². The van der Waals surface area contributed by atoms with Crippen LogP contribution in [-0.2, 0) is 14.8 Å². The SMILES string of the molecule is O=C(O)[C@@]1(NS(=O)(=O)c2cn3cc(-c4ccc(F)cc4)nc3s2)C[C@H]1c1ccccc1. The van der Waals surface area contributed by atoms with Crippen LogP contribution in [0.15, 0.2) is 71.2 Å². The Kier molecular flexibility index (Phi) is 4.47. The van der Waals surface area contributed by atoms with Gasteiger partial charge >= 0.3 is 5.97 Å². The number of aliphatic carboxylic acids is 1. The molecular formula is C21H16FN3O4S2. The molecule has 7 nitrogen and oxygen atoms in total. The largest absolute Gasteiger partial charge is 0.480 e. The van der Waals surface area contributed by atoms with Gasteiger partial charge in [-0.05, 0) is 36.2 Å². The second-order valence-corrected chi connectivity index (χ2v) is 10.3. The van der Waals surface area contributed by atoms with Gasteiger partial charge in [0.2, 0.25) is 0 Å². The molecular weight excluding hydrogens is 441 g/mol. The number of aromatic nitrogens is 2. The lowest BCUT2D eigenvalue weighted by atomic mass is 10.1. The van der Waals surface area contributed by atoms with Gasteiger partial charge in [0.1, 0.15) is 11.4 Å². The molecule has 0 radical (unpaired) electrons. The van der Waals surface area contributed by atoms with E-state index in [-0.39, 0.29) is 16.4 Å². The number of thiazole rings is 1. The van der Waals surface area contributed by atoms with Gasteiger partial charge in [-0.1, -0.05) is 41.7 Å². The molecule has 5 rings (SSSR count). The first-order valence-corrected chi connectivity index (χ1v) is 11.7. The highest BCUT2D eigenvalue weighted by Gasteiger charge is 2.63. The molecule has 0 unspecified atom stereocenters. The number of benzene rings is 2. The monoisotopic (exact) mass is 457 g/mol. The number of fused-ring (bicyclic) bond motifs is 1. The van der Waals surface area contributed by atoms with Crippen molar-refractivity contribution in [3.8, 4) is 11.3 Å². The fourth-order valence-corrected chi connectivity index (χ4v) is 6.33. The van der Waals surface area contributed by atoms with E-state index in [0.29, 0.717) is 16.2 Å². The predicted molar refractivity (Wildman–Crippen MR) is 113 cm³/mol. The number of nitrogens with one attached hydrogen (secondary N) is 1. The van der Waals surface area contributed by atoms with E-state index in [1.54, 1.807) is 47.0 Å². The fraction of sp³-hybridized carbons (Fsp3) is 0.143. The maximum absolute atomic E-state index is 13.1. The first-order valence-electron chi connectivity index (χ1n) is 9.35. The van der Waals surface area contributed by atoms with E-state index in [2.05, 4.69) is 9.71 Å². The van der Waals surface area contributed by atoms with Crippen molar-refractivity contribution in [2.24, 2.45) is 0 Å². The summed E-state index contributed by atoms with van der Waals surface area (Å²) in [5, 5.41) is 9.76. The van der Waals surface area contributed by atoms with Gasteiger partial charge in [0.25, 0.3) is 10.0 Å². The molecule has 1 saturated carbocycles. The van der Waals surface area contributed by atoms with E-state index < -0.39 is 27.4 Å². The Labute approximate surface area is 180 Å². The molecule has 2 N–H and O–H groups in total. The maximum atomic E-state index is 13.1. The third-order valence-corrected chi connectivity index (χ3v) is 8.37. The number of imidazole rings is 1. The number of carboxylic acids is 1. The molecule has 0 saturated heterocycles. The lowest BCUT2D eigenvalue weighted by Crippen LogP contribution is -2.44. The summed E-state index contributed by atoms with van der Waals surface area (Å²) in [4.78, 5) is 16.8. The second kappa shape index (κ2) is 6.98. The van der Waals surface area contributed by atoms with Crippen LogP contribution in [0.3, 0.4) is 0 Å². The van der Waals surface area contributed by atoms with Gasteiger partial charge in [0, 0.05) is 23.9 Å². The summed E-state index contributed by atoms with van der Waals surface area (Å²) >= 11 is 0.934. The van der Waals surface area contributed by atoms with Gasteiger partial charge in [0.15, 0.2) is 9.17 Å². The molecule has 0 aliphatic heterocycles. The van der Waals surface area contributed by atoms with Crippen molar-refractivity contribution in [3.63, 3.8) is 0 Å². The predicted octanol–water partition coefficient (Wildman–Crippen LogP) is 3.49. The second-order valence-electron chi connectivity index (χ2n) is 7.42. The summed E-state index contributed by atoms with van der Waals surface area (Å²) in [6.07, 6.45) is 3.23. The van der Waals surface area contributed by atoms with Gasteiger partial charge in [-0.25, -0.2) is 17.8 Å². The van der Waals surface area contributed by atoms with Crippen LogP contribution in [0, 0.1) is 5.82 Å². The average molecular weight is 458 g/mol. The topological polar surface area (TPSA) is 101 Å². The zero-order valence-electron chi connectivity index (χ0n) is 15.9. The lowest BCUT2D eigenvalue weighted by Gasteiger charge is -2.14. The van der Waals surface area contributed by atoms with E-state index in [4.69, 9.17) is 0 Å². The Morgan fingerprint density at radius 2 is 1.87 bits per heavy atom. The van der Waals surface area contributed by atoms with Crippen LogP contribution in [0.1, 0.15) is 17.9 Å². The highest BCUT2D eigenvalue weighted by molar-refractivity contribution is 7.91. The van der Waals surface area contributed by atoms with Crippen molar-refractivity contribution < 1.29 is 22.7 Å². The molecule has 0 spiro atoms. The quantitative estimate of drug-likeness (QED) is 0.462. The zero-order valence-corrected chi connectivity index (χ0v) is 17.5.